The Bertz CT molecular complexity index is 3090. The van der Waals surface area contributed by atoms with Crippen LogP contribution in [0.4, 0.5) is 11.4 Å². The van der Waals surface area contributed by atoms with Crippen molar-refractivity contribution < 1.29 is 9.59 Å². The molecule has 8 aromatic carbocycles. The lowest BCUT2D eigenvalue weighted by Crippen LogP contribution is -2.25. The van der Waals surface area contributed by atoms with E-state index in [0.717, 1.165) is 82.2 Å². The van der Waals surface area contributed by atoms with Crippen LogP contribution in [0, 0.1) is 0 Å². The first kappa shape index (κ1) is 43.6. The van der Waals surface area contributed by atoms with Crippen molar-refractivity contribution in [3.05, 3.63) is 249 Å². The molecule has 2 heterocycles. The summed E-state index contributed by atoms with van der Waals surface area (Å²) in [5.41, 5.74) is 10.9. The molecule has 2 N–H and O–H groups in total. The van der Waals surface area contributed by atoms with E-state index < -0.39 is 0 Å². The first-order valence-electron chi connectivity index (χ1n) is 21.0. The number of halogens is 2. The number of fused-ring (bicyclic) bond motifs is 4. The minimum Gasteiger partial charge on any atom is -0.352 e. The summed E-state index contributed by atoms with van der Waals surface area (Å²) in [5, 5.41) is 7.33. The number of nitrogens with one attached hydrogen (secondary N) is 2. The maximum absolute atomic E-state index is 12.9. The van der Waals surface area contributed by atoms with Crippen LogP contribution in [0.1, 0.15) is 54.1 Å². The molecule has 2 aliphatic heterocycles. The van der Waals surface area contributed by atoms with Crippen molar-refractivity contribution in [1.82, 2.24) is 10.6 Å². The molecule has 8 aromatic rings. The summed E-state index contributed by atoms with van der Waals surface area (Å²) < 4.78 is 0. The summed E-state index contributed by atoms with van der Waals surface area (Å²) in [7, 11) is 0. The molecule has 0 aromatic heterocycles. The molecule has 0 atom stereocenters. The molecule has 318 valence electrons. The van der Waals surface area contributed by atoms with Gasteiger partial charge in [0.05, 0.1) is 22.8 Å². The zero-order valence-electron chi connectivity index (χ0n) is 34.9. The number of carbonyl (C=O) groups is 2. The van der Waals surface area contributed by atoms with Crippen LogP contribution in [-0.2, 0) is 13.0 Å². The van der Waals surface area contributed by atoms with E-state index in [1.165, 1.54) is 0 Å². The maximum Gasteiger partial charge on any atom is 0.251 e. The minimum absolute atomic E-state index is 0.102. The molecule has 0 saturated carbocycles. The van der Waals surface area contributed by atoms with Crippen molar-refractivity contribution in [2.45, 2.75) is 32.5 Å². The van der Waals surface area contributed by atoms with E-state index >= 15 is 0 Å². The highest BCUT2D eigenvalue weighted by Gasteiger charge is 2.22. The summed E-state index contributed by atoms with van der Waals surface area (Å²) in [6.07, 6.45) is 0.745. The van der Waals surface area contributed by atoms with E-state index in [4.69, 9.17) is 33.2 Å². The molecule has 0 bridgehead atoms. The van der Waals surface area contributed by atoms with Crippen LogP contribution in [-0.4, -0.2) is 29.8 Å². The second-order valence-electron chi connectivity index (χ2n) is 15.1. The van der Waals surface area contributed by atoms with Crippen molar-refractivity contribution in [3.8, 4) is 0 Å². The third-order valence-electron chi connectivity index (χ3n) is 10.7. The number of nitrogens with zero attached hydrogens (tertiary/aromatic N) is 2. The summed E-state index contributed by atoms with van der Waals surface area (Å²) in [6, 6.07) is 63.5. The zero-order valence-corrected chi connectivity index (χ0v) is 38.0. The Morgan fingerprint density at radius 3 is 1.49 bits per heavy atom. The molecule has 0 saturated heterocycles. The molecular weight excluding hydrogens is 884 g/mol. The first-order chi connectivity index (χ1) is 31.9. The Morgan fingerprint density at radius 2 is 0.954 bits per heavy atom. The predicted octanol–water partition coefficient (Wildman–Crippen LogP) is 13.8. The van der Waals surface area contributed by atoms with Crippen LogP contribution in [0.25, 0.3) is 0 Å². The number of rotatable bonds is 9. The van der Waals surface area contributed by atoms with Gasteiger partial charge >= 0.3 is 0 Å². The zero-order chi connectivity index (χ0) is 44.5. The smallest absolute Gasteiger partial charge is 0.251 e. The van der Waals surface area contributed by atoms with Crippen LogP contribution in [0.3, 0.4) is 0 Å². The van der Waals surface area contributed by atoms with E-state index in [1.54, 1.807) is 23.5 Å². The molecule has 0 radical (unpaired) electrons. The predicted molar refractivity (Wildman–Crippen MR) is 268 cm³/mol. The number of benzene rings is 8. The maximum atomic E-state index is 12.9. The lowest BCUT2D eigenvalue weighted by molar-refractivity contribution is 0.0944. The van der Waals surface area contributed by atoms with E-state index in [1.807, 2.05) is 146 Å². The highest BCUT2D eigenvalue weighted by molar-refractivity contribution is 7.99. The third kappa shape index (κ3) is 10.5. The topological polar surface area (TPSA) is 82.9 Å². The molecule has 0 fully saturated rings. The van der Waals surface area contributed by atoms with Gasteiger partial charge in [-0.05, 0) is 84.3 Å². The summed E-state index contributed by atoms with van der Waals surface area (Å²) in [5.74, 6) is -0.258. The van der Waals surface area contributed by atoms with Crippen molar-refractivity contribution in [1.29, 1.82) is 0 Å². The van der Waals surface area contributed by atoms with Gasteiger partial charge in [0.25, 0.3) is 11.8 Å². The summed E-state index contributed by atoms with van der Waals surface area (Å²) in [4.78, 5) is 40.1. The van der Waals surface area contributed by atoms with E-state index in [-0.39, 0.29) is 11.8 Å². The fourth-order valence-corrected chi connectivity index (χ4v) is 9.73. The van der Waals surface area contributed by atoms with Gasteiger partial charge in [-0.15, -0.1) is 0 Å². The number of carbonyl (C=O) groups excluding carboxylic acids is 2. The lowest BCUT2D eigenvalue weighted by Gasteiger charge is -2.09. The summed E-state index contributed by atoms with van der Waals surface area (Å²) >= 11 is 15.5. The number of hydrogen-bond acceptors (Lipinski definition) is 6. The molecule has 0 unspecified atom stereocenters. The quantitative estimate of drug-likeness (QED) is 0.151. The van der Waals surface area contributed by atoms with E-state index in [2.05, 4.69) is 59.2 Å². The minimum atomic E-state index is -0.157. The van der Waals surface area contributed by atoms with Crippen LogP contribution in [0.15, 0.2) is 224 Å². The Morgan fingerprint density at radius 1 is 0.477 bits per heavy atom. The van der Waals surface area contributed by atoms with Gasteiger partial charge in [-0.3, -0.25) is 9.59 Å². The van der Waals surface area contributed by atoms with Gasteiger partial charge in [-0.1, -0.05) is 174 Å². The Balaban J connectivity index is 0.000000164. The fourth-order valence-electron chi connectivity index (χ4n) is 7.39. The first-order valence-corrected chi connectivity index (χ1v) is 23.4. The Kier molecular flexibility index (Phi) is 13.7. The van der Waals surface area contributed by atoms with Gasteiger partial charge in [0, 0.05) is 76.1 Å². The average molecular weight is 924 g/mol. The van der Waals surface area contributed by atoms with Crippen molar-refractivity contribution in [2.24, 2.45) is 9.98 Å². The van der Waals surface area contributed by atoms with Gasteiger partial charge < -0.3 is 10.6 Å². The van der Waals surface area contributed by atoms with Gasteiger partial charge in [0.1, 0.15) is 0 Å². The van der Waals surface area contributed by atoms with Gasteiger partial charge in [0.15, 0.2) is 0 Å². The molecular formula is C55H40Cl2N4O2S2. The molecule has 2 amide bonds. The molecule has 2 aliphatic rings. The number of aliphatic imine (C=N–C) groups is 2. The Labute approximate surface area is 396 Å². The fraction of sp³-hybridized carbons (Fsp3) is 0.0545. The SMILES string of the molecule is O=C(NCCc1ccc(Cl)cc1)c1ccc2c(c1)N=C(c1ccccc1)c1ccccc1S2.O=C(NCc1ccccc1Cl)c1ccc2c(c1)N=C(c1ccccc1)c1ccccc1S2. The highest BCUT2D eigenvalue weighted by Crippen LogP contribution is 2.43. The van der Waals surface area contributed by atoms with E-state index in [0.29, 0.717) is 34.3 Å². The number of hydrogen-bond donors (Lipinski definition) is 2. The normalized spacial score (nSPS) is 12.2. The Hall–Kier alpha value is -6.68. The van der Waals surface area contributed by atoms with Gasteiger partial charge in [-0.25, -0.2) is 9.98 Å². The standard InChI is InChI=1S/C28H21ClN2OS.C27H19ClN2OS/c29-22-13-10-19(11-14-22)16-17-30-28(32)21-12-15-26-24(18-21)31-27(20-6-2-1-3-7-20)23-8-4-5-9-25(23)33-26;28-22-12-6-4-10-20(22)17-29-27(31)19-14-15-25-23(16-19)30-26(18-8-2-1-3-9-18)21-11-5-7-13-24(21)32-25/h1-15,18H,16-17H2,(H,30,32);1-16H,17H2,(H,29,31). The second-order valence-corrected chi connectivity index (χ2v) is 18.1. The second kappa shape index (κ2) is 20.4. The largest absolute Gasteiger partial charge is 0.352 e. The van der Waals surface area contributed by atoms with Crippen LogP contribution in [0.5, 0.6) is 0 Å². The van der Waals surface area contributed by atoms with E-state index in [9.17, 15) is 9.59 Å². The molecule has 0 spiro atoms. The average Bonchev–Trinajstić information content (AvgIpc) is 3.62. The molecule has 65 heavy (non-hydrogen) atoms. The molecule has 0 aliphatic carbocycles. The highest BCUT2D eigenvalue weighted by atomic mass is 35.5. The van der Waals surface area contributed by atoms with Gasteiger partial charge in [-0.2, -0.15) is 0 Å². The monoisotopic (exact) mass is 922 g/mol. The number of amides is 2. The van der Waals surface area contributed by atoms with Crippen molar-refractivity contribution in [3.63, 3.8) is 0 Å². The molecule has 10 rings (SSSR count). The van der Waals surface area contributed by atoms with Gasteiger partial charge in [0.2, 0.25) is 0 Å². The van der Waals surface area contributed by atoms with Crippen LogP contribution >= 0.6 is 46.7 Å². The summed E-state index contributed by atoms with van der Waals surface area (Å²) in [6.45, 7) is 0.921. The third-order valence-corrected chi connectivity index (χ3v) is 13.6. The lowest BCUT2D eigenvalue weighted by atomic mass is 10.0. The molecule has 10 heteroatoms. The van der Waals surface area contributed by atoms with Crippen molar-refractivity contribution >= 4 is 81.3 Å². The molecule has 6 nitrogen and oxygen atoms in total. The van der Waals surface area contributed by atoms with Crippen LogP contribution < -0.4 is 10.6 Å². The van der Waals surface area contributed by atoms with Crippen molar-refractivity contribution in [2.75, 3.05) is 6.54 Å². The van der Waals surface area contributed by atoms with Crippen LogP contribution in [0.2, 0.25) is 10.0 Å².